The third-order valence-corrected chi connectivity index (χ3v) is 6.01. The van der Waals surface area contributed by atoms with Crippen LogP contribution < -0.4 is 4.90 Å². The van der Waals surface area contributed by atoms with Crippen molar-refractivity contribution < 1.29 is 4.74 Å². The maximum Gasteiger partial charge on any atom is 0.181 e. The van der Waals surface area contributed by atoms with Crippen molar-refractivity contribution in [1.29, 1.82) is 5.26 Å². The van der Waals surface area contributed by atoms with Crippen molar-refractivity contribution in [2.24, 2.45) is 0 Å². The molecule has 0 radical (unpaired) electrons. The Labute approximate surface area is 201 Å². The lowest BCUT2D eigenvalue weighted by Gasteiger charge is -2.28. The van der Waals surface area contributed by atoms with Crippen LogP contribution in [0.3, 0.4) is 0 Å². The number of morpholine rings is 1. The highest BCUT2D eigenvalue weighted by Crippen LogP contribution is 2.27. The second-order valence-corrected chi connectivity index (χ2v) is 8.26. The Morgan fingerprint density at radius 2 is 1.80 bits per heavy atom. The number of ether oxygens (including phenoxy) is 1. The summed E-state index contributed by atoms with van der Waals surface area (Å²) in [7, 11) is 0. The fourth-order valence-corrected chi connectivity index (χ4v) is 4.26. The summed E-state index contributed by atoms with van der Waals surface area (Å²) in [4.78, 5) is 20.8. The molecule has 0 N–H and O–H groups in total. The molecule has 5 aromatic rings. The van der Waals surface area contributed by atoms with Crippen molar-refractivity contribution in [3.8, 4) is 17.3 Å². The molecule has 5 heterocycles. The molecule has 0 spiro atoms. The summed E-state index contributed by atoms with van der Waals surface area (Å²) in [6.07, 6.45) is 11.0. The fourth-order valence-electron chi connectivity index (χ4n) is 4.26. The Hall–Kier alpha value is -4.61. The minimum absolute atomic E-state index is 0.496. The van der Waals surface area contributed by atoms with Crippen LogP contribution in [-0.2, 0) is 4.74 Å². The summed E-state index contributed by atoms with van der Waals surface area (Å²) in [6.45, 7) is 2.83. The zero-order valence-electron chi connectivity index (χ0n) is 18.9. The van der Waals surface area contributed by atoms with E-state index in [1.807, 2.05) is 59.3 Å². The third-order valence-electron chi connectivity index (χ3n) is 6.01. The highest BCUT2D eigenvalue weighted by Gasteiger charge is 2.19. The normalized spacial score (nSPS) is 14.1. The van der Waals surface area contributed by atoms with Crippen molar-refractivity contribution in [1.82, 2.24) is 24.3 Å². The van der Waals surface area contributed by atoms with E-state index in [-0.39, 0.29) is 0 Å². The van der Waals surface area contributed by atoms with E-state index < -0.39 is 0 Å². The number of hydrogen-bond donors (Lipinski definition) is 0. The molecule has 1 aromatic carbocycles. The molecule has 0 unspecified atom stereocenters. The predicted octanol–water partition coefficient (Wildman–Crippen LogP) is 4.22. The van der Waals surface area contributed by atoms with Gasteiger partial charge in [-0.25, -0.2) is 15.0 Å². The molecule has 1 fully saturated rings. The Bertz CT molecular complexity index is 1610. The number of imidazole rings is 1. The molecule has 0 bridgehead atoms. The highest BCUT2D eigenvalue weighted by molar-refractivity contribution is 5.81. The molecule has 1 aliphatic rings. The highest BCUT2D eigenvalue weighted by atomic mass is 16.5. The van der Waals surface area contributed by atoms with Gasteiger partial charge >= 0.3 is 0 Å². The smallest absolute Gasteiger partial charge is 0.181 e. The van der Waals surface area contributed by atoms with Gasteiger partial charge in [0.25, 0.3) is 0 Å². The van der Waals surface area contributed by atoms with Gasteiger partial charge in [-0.15, -0.1) is 0 Å². The van der Waals surface area contributed by atoms with E-state index in [0.29, 0.717) is 18.8 Å². The standard InChI is InChI=1S/C27H21N7O/c28-14-19-13-21(16-29-15-19)25-17-30-26(33-9-11-35-12-10-33)27-32-23(18-34(25)27)8-7-22-6-5-20-3-1-2-4-24(20)31-22/h1-8,13,15-18H,9-12H2/b8-7+. The van der Waals surface area contributed by atoms with E-state index in [0.717, 1.165) is 58.1 Å². The minimum Gasteiger partial charge on any atom is -0.378 e. The number of pyridine rings is 2. The molecule has 35 heavy (non-hydrogen) atoms. The van der Waals surface area contributed by atoms with Gasteiger partial charge in [-0.3, -0.25) is 9.38 Å². The molecular weight excluding hydrogens is 438 g/mol. The summed E-state index contributed by atoms with van der Waals surface area (Å²) in [5.41, 5.74) is 5.47. The lowest BCUT2D eigenvalue weighted by atomic mass is 10.1. The van der Waals surface area contributed by atoms with Gasteiger partial charge in [0.2, 0.25) is 0 Å². The first-order valence-corrected chi connectivity index (χ1v) is 11.4. The molecule has 0 amide bonds. The van der Waals surface area contributed by atoms with Gasteiger partial charge in [-0.1, -0.05) is 24.3 Å². The molecule has 0 saturated carbocycles. The summed E-state index contributed by atoms with van der Waals surface area (Å²) >= 11 is 0. The minimum atomic E-state index is 0.496. The number of benzene rings is 1. The maximum atomic E-state index is 9.33. The van der Waals surface area contributed by atoms with Crippen molar-refractivity contribution in [2.75, 3.05) is 31.2 Å². The summed E-state index contributed by atoms with van der Waals surface area (Å²) in [5.74, 6) is 0.810. The van der Waals surface area contributed by atoms with E-state index in [1.165, 1.54) is 0 Å². The van der Waals surface area contributed by atoms with E-state index in [1.54, 1.807) is 12.4 Å². The van der Waals surface area contributed by atoms with Gasteiger partial charge in [-0.05, 0) is 30.4 Å². The van der Waals surface area contributed by atoms with Crippen LogP contribution in [0.25, 0.3) is 40.0 Å². The van der Waals surface area contributed by atoms with Gasteiger partial charge in [-0.2, -0.15) is 5.26 Å². The quantitative estimate of drug-likeness (QED) is 0.397. The SMILES string of the molecule is N#Cc1cncc(-c2cnc(N3CCOCC3)c3nc(/C=C/c4ccc5ccccc5n4)cn23)c1. The summed E-state index contributed by atoms with van der Waals surface area (Å²) in [5, 5.41) is 10.4. The Morgan fingerprint density at radius 3 is 2.69 bits per heavy atom. The first-order valence-electron chi connectivity index (χ1n) is 11.4. The van der Waals surface area contributed by atoms with Crippen molar-refractivity contribution in [2.45, 2.75) is 0 Å². The van der Waals surface area contributed by atoms with Gasteiger partial charge in [0.1, 0.15) is 6.07 Å². The maximum absolute atomic E-state index is 9.33. The third kappa shape index (κ3) is 4.09. The molecule has 1 aliphatic heterocycles. The lowest BCUT2D eigenvalue weighted by Crippen LogP contribution is -2.37. The van der Waals surface area contributed by atoms with Crippen LogP contribution >= 0.6 is 0 Å². The number of fused-ring (bicyclic) bond motifs is 2. The number of nitrogens with zero attached hydrogens (tertiary/aromatic N) is 7. The molecule has 8 heteroatoms. The Balaban J connectivity index is 1.44. The van der Waals surface area contributed by atoms with Crippen LogP contribution in [0.4, 0.5) is 5.82 Å². The topological polar surface area (TPSA) is 92.2 Å². The fraction of sp³-hybridized carbons (Fsp3) is 0.148. The number of hydrogen-bond acceptors (Lipinski definition) is 7. The number of nitriles is 1. The number of anilines is 1. The Morgan fingerprint density at radius 1 is 0.943 bits per heavy atom. The van der Waals surface area contributed by atoms with Gasteiger partial charge in [0.05, 0.1) is 47.6 Å². The van der Waals surface area contributed by atoms with Gasteiger partial charge in [0.15, 0.2) is 11.5 Å². The van der Waals surface area contributed by atoms with Crippen molar-refractivity contribution >= 4 is 34.5 Å². The lowest BCUT2D eigenvalue weighted by molar-refractivity contribution is 0.122. The largest absolute Gasteiger partial charge is 0.378 e. The number of rotatable bonds is 4. The van der Waals surface area contributed by atoms with E-state index in [2.05, 4.69) is 28.1 Å². The van der Waals surface area contributed by atoms with Crippen molar-refractivity contribution in [3.05, 3.63) is 84.2 Å². The van der Waals surface area contributed by atoms with Gasteiger partial charge < -0.3 is 9.64 Å². The number of para-hydroxylation sites is 1. The molecule has 4 aromatic heterocycles. The first kappa shape index (κ1) is 21.0. The molecule has 6 rings (SSSR count). The van der Waals surface area contributed by atoms with Gasteiger partial charge in [0, 0.05) is 42.6 Å². The van der Waals surface area contributed by atoms with Crippen LogP contribution in [0.1, 0.15) is 17.0 Å². The van der Waals surface area contributed by atoms with Crippen LogP contribution in [0.5, 0.6) is 0 Å². The molecular formula is C27H21N7O. The zero-order chi connectivity index (χ0) is 23.6. The van der Waals surface area contributed by atoms with E-state index in [4.69, 9.17) is 19.7 Å². The first-order chi connectivity index (χ1) is 17.3. The van der Waals surface area contributed by atoms with E-state index in [9.17, 15) is 5.26 Å². The summed E-state index contributed by atoms with van der Waals surface area (Å²) < 4.78 is 7.54. The predicted molar refractivity (Wildman–Crippen MR) is 135 cm³/mol. The van der Waals surface area contributed by atoms with Crippen LogP contribution in [0.2, 0.25) is 0 Å². The molecule has 1 saturated heterocycles. The zero-order valence-corrected chi connectivity index (χ0v) is 18.9. The Kier molecular flexibility index (Phi) is 5.37. The average molecular weight is 460 g/mol. The molecule has 0 aliphatic carbocycles. The van der Waals surface area contributed by atoms with Crippen molar-refractivity contribution in [3.63, 3.8) is 0 Å². The summed E-state index contributed by atoms with van der Waals surface area (Å²) in [6, 6.07) is 16.1. The van der Waals surface area contributed by atoms with Crippen LogP contribution in [0.15, 0.2) is 67.3 Å². The van der Waals surface area contributed by atoms with Crippen LogP contribution in [0, 0.1) is 11.3 Å². The van der Waals surface area contributed by atoms with Crippen LogP contribution in [-0.4, -0.2) is 50.6 Å². The second kappa shape index (κ2) is 8.97. The molecule has 8 nitrogen and oxygen atoms in total. The molecule has 170 valence electrons. The number of aromatic nitrogens is 5. The van der Waals surface area contributed by atoms with E-state index >= 15 is 0 Å². The monoisotopic (exact) mass is 459 g/mol. The average Bonchev–Trinajstić information content (AvgIpc) is 3.36. The second-order valence-electron chi connectivity index (χ2n) is 8.26. The molecule has 0 atom stereocenters.